The first-order valence-electron chi connectivity index (χ1n) is 11.2. The molecule has 2 aromatic rings. The number of carbonyl (C=O) groups is 2. The van der Waals surface area contributed by atoms with Gasteiger partial charge in [-0.3, -0.25) is 15.1 Å². The first kappa shape index (κ1) is 22.9. The smallest absolute Gasteiger partial charge is 0.342 e. The zero-order valence-corrected chi connectivity index (χ0v) is 19.3. The molecule has 0 aromatic heterocycles. The van der Waals surface area contributed by atoms with Gasteiger partial charge < -0.3 is 14.4 Å². The fourth-order valence-electron chi connectivity index (χ4n) is 4.52. The first-order chi connectivity index (χ1) is 16.0. The lowest BCUT2D eigenvalue weighted by Crippen LogP contribution is -2.39. The molecule has 1 fully saturated rings. The Bertz CT molecular complexity index is 1040. The van der Waals surface area contributed by atoms with E-state index in [0.717, 1.165) is 37.9 Å². The second kappa shape index (κ2) is 10.1. The monoisotopic (exact) mass is 450 g/mol. The fourth-order valence-corrected chi connectivity index (χ4v) is 4.52. The molecule has 7 nitrogen and oxygen atoms in total. The second-order valence-corrected chi connectivity index (χ2v) is 8.52. The van der Waals surface area contributed by atoms with E-state index in [0.29, 0.717) is 28.5 Å². The number of benzene rings is 2. The number of ether oxygens (including phenoxy) is 2. The Kier molecular flexibility index (Phi) is 6.99. The van der Waals surface area contributed by atoms with E-state index in [2.05, 4.69) is 29.7 Å². The van der Waals surface area contributed by atoms with Gasteiger partial charge in [0.1, 0.15) is 5.75 Å². The van der Waals surface area contributed by atoms with Crippen molar-refractivity contribution in [1.29, 1.82) is 0 Å². The maximum absolute atomic E-state index is 13.4. The number of hydrogen-bond donors (Lipinski definition) is 1. The molecule has 2 heterocycles. The molecule has 1 saturated heterocycles. The van der Waals surface area contributed by atoms with Crippen LogP contribution in [0.15, 0.2) is 54.1 Å². The van der Waals surface area contributed by atoms with E-state index in [1.165, 1.54) is 12.7 Å². The molecule has 1 atom stereocenters. The topological polar surface area (TPSA) is 77.1 Å². The van der Waals surface area contributed by atoms with Crippen molar-refractivity contribution in [3.8, 4) is 5.75 Å². The SMILES string of the molecule is COC(=O)C1ONC(c2ccc(OC)c(C(=O)N3CCC(Cc4ccccc4)CC3)c2)=C1C. The number of methoxy groups -OCH3 is 2. The number of nitrogens with zero attached hydrogens (tertiary/aromatic N) is 1. The van der Waals surface area contributed by atoms with E-state index in [1.807, 2.05) is 17.0 Å². The third kappa shape index (κ3) is 4.88. The minimum Gasteiger partial charge on any atom is -0.496 e. The van der Waals surface area contributed by atoms with E-state index in [9.17, 15) is 9.59 Å². The van der Waals surface area contributed by atoms with Gasteiger partial charge in [0.25, 0.3) is 5.91 Å². The first-order valence-corrected chi connectivity index (χ1v) is 11.2. The van der Waals surface area contributed by atoms with Crippen molar-refractivity contribution < 1.29 is 23.9 Å². The van der Waals surface area contributed by atoms with Crippen LogP contribution in [0.4, 0.5) is 0 Å². The fraction of sp³-hybridized carbons (Fsp3) is 0.385. The van der Waals surface area contributed by atoms with Gasteiger partial charge in [0.2, 0.25) is 6.10 Å². The summed E-state index contributed by atoms with van der Waals surface area (Å²) in [6.45, 7) is 3.24. The van der Waals surface area contributed by atoms with Crippen LogP contribution in [0.5, 0.6) is 5.75 Å². The summed E-state index contributed by atoms with van der Waals surface area (Å²) in [7, 11) is 2.89. The van der Waals surface area contributed by atoms with Crippen LogP contribution >= 0.6 is 0 Å². The molecule has 0 radical (unpaired) electrons. The molecule has 0 spiro atoms. The second-order valence-electron chi connectivity index (χ2n) is 8.52. The van der Waals surface area contributed by atoms with Crippen LogP contribution in [-0.4, -0.2) is 50.2 Å². The van der Waals surface area contributed by atoms with Crippen molar-refractivity contribution in [3.05, 3.63) is 70.8 Å². The van der Waals surface area contributed by atoms with Gasteiger partial charge in [0.15, 0.2) is 0 Å². The van der Waals surface area contributed by atoms with E-state index in [4.69, 9.17) is 14.3 Å². The van der Waals surface area contributed by atoms with Gasteiger partial charge in [-0.15, -0.1) is 0 Å². The quantitative estimate of drug-likeness (QED) is 0.678. The number of hydrogen-bond acceptors (Lipinski definition) is 6. The van der Waals surface area contributed by atoms with Crippen LogP contribution < -0.4 is 10.2 Å². The highest BCUT2D eigenvalue weighted by Crippen LogP contribution is 2.31. The van der Waals surface area contributed by atoms with Crippen LogP contribution in [0.2, 0.25) is 0 Å². The minimum atomic E-state index is -0.810. The van der Waals surface area contributed by atoms with Crippen molar-refractivity contribution in [3.63, 3.8) is 0 Å². The van der Waals surface area contributed by atoms with Gasteiger partial charge in [-0.05, 0) is 61.4 Å². The number of piperidine rings is 1. The third-order valence-corrected chi connectivity index (χ3v) is 6.47. The number of nitrogens with one attached hydrogen (secondary N) is 1. The Balaban J connectivity index is 1.49. The Morgan fingerprint density at radius 1 is 1.09 bits per heavy atom. The summed E-state index contributed by atoms with van der Waals surface area (Å²) in [4.78, 5) is 32.6. The lowest BCUT2D eigenvalue weighted by molar-refractivity contribution is -0.152. The molecule has 0 saturated carbocycles. The Morgan fingerprint density at radius 3 is 2.48 bits per heavy atom. The summed E-state index contributed by atoms with van der Waals surface area (Å²) >= 11 is 0. The summed E-state index contributed by atoms with van der Waals surface area (Å²) in [5.74, 6) is 0.580. The number of amides is 1. The molecule has 0 aliphatic carbocycles. The van der Waals surface area contributed by atoms with Crippen LogP contribution in [0.25, 0.3) is 5.70 Å². The normalized spacial score (nSPS) is 18.8. The third-order valence-electron chi connectivity index (χ3n) is 6.47. The number of esters is 1. The Morgan fingerprint density at radius 2 is 1.82 bits per heavy atom. The van der Waals surface area contributed by atoms with Gasteiger partial charge in [-0.25, -0.2) is 4.79 Å². The molecule has 4 rings (SSSR count). The molecule has 33 heavy (non-hydrogen) atoms. The highest BCUT2D eigenvalue weighted by Gasteiger charge is 2.32. The average molecular weight is 451 g/mol. The number of hydroxylamine groups is 1. The highest BCUT2D eigenvalue weighted by atomic mass is 16.7. The Hall–Kier alpha value is -3.32. The molecule has 2 aliphatic rings. The van der Waals surface area contributed by atoms with Crippen LogP contribution in [-0.2, 0) is 20.8 Å². The van der Waals surface area contributed by atoms with E-state index >= 15 is 0 Å². The van der Waals surface area contributed by atoms with Crippen molar-refractivity contribution >= 4 is 17.6 Å². The van der Waals surface area contributed by atoms with Crippen LogP contribution in [0.3, 0.4) is 0 Å². The van der Waals surface area contributed by atoms with Crippen molar-refractivity contribution in [1.82, 2.24) is 10.4 Å². The molecule has 0 bridgehead atoms. The van der Waals surface area contributed by atoms with Gasteiger partial charge in [0, 0.05) is 18.7 Å². The molecule has 2 aromatic carbocycles. The summed E-state index contributed by atoms with van der Waals surface area (Å²) in [6.07, 6.45) is 2.18. The van der Waals surface area contributed by atoms with E-state index < -0.39 is 12.1 Å². The zero-order chi connectivity index (χ0) is 23.4. The average Bonchev–Trinajstić information content (AvgIpc) is 3.25. The van der Waals surface area contributed by atoms with Crippen molar-refractivity contribution in [2.45, 2.75) is 32.3 Å². The maximum atomic E-state index is 13.4. The van der Waals surface area contributed by atoms with E-state index in [-0.39, 0.29) is 5.91 Å². The number of carbonyl (C=O) groups excluding carboxylic acids is 2. The summed E-state index contributed by atoms with van der Waals surface area (Å²) < 4.78 is 10.3. The maximum Gasteiger partial charge on any atom is 0.342 e. The van der Waals surface area contributed by atoms with Crippen molar-refractivity contribution in [2.75, 3.05) is 27.3 Å². The molecule has 1 N–H and O–H groups in total. The number of rotatable bonds is 6. The van der Waals surface area contributed by atoms with Gasteiger partial charge in [0.05, 0.1) is 25.5 Å². The zero-order valence-electron chi connectivity index (χ0n) is 19.3. The minimum absolute atomic E-state index is 0.0476. The van der Waals surface area contributed by atoms with Gasteiger partial charge in [-0.2, -0.15) is 0 Å². The molecule has 1 unspecified atom stereocenters. The van der Waals surface area contributed by atoms with Gasteiger partial charge in [-0.1, -0.05) is 30.3 Å². The van der Waals surface area contributed by atoms with Crippen LogP contribution in [0, 0.1) is 5.92 Å². The Labute approximate surface area is 194 Å². The lowest BCUT2D eigenvalue weighted by Gasteiger charge is -2.32. The van der Waals surface area contributed by atoms with E-state index in [1.54, 1.807) is 26.2 Å². The summed E-state index contributed by atoms with van der Waals surface area (Å²) in [6, 6.07) is 15.9. The standard InChI is InChI=1S/C26H30N2O5/c1-17-23(27-33-24(17)26(30)32-3)20-9-10-22(31-2)21(16-20)25(29)28-13-11-19(12-14-28)15-18-7-5-4-6-8-18/h4-10,16,19,24,27H,11-15H2,1-3H3. The van der Waals surface area contributed by atoms with Crippen molar-refractivity contribution in [2.24, 2.45) is 5.92 Å². The summed E-state index contributed by atoms with van der Waals surface area (Å²) in [5, 5.41) is 0. The molecule has 2 aliphatic heterocycles. The molecule has 1 amide bonds. The predicted octanol–water partition coefficient (Wildman–Crippen LogP) is 3.60. The van der Waals surface area contributed by atoms with Crippen LogP contribution in [0.1, 0.15) is 41.3 Å². The number of likely N-dealkylation sites (tertiary alicyclic amines) is 1. The summed E-state index contributed by atoms with van der Waals surface area (Å²) in [5.41, 5.74) is 6.77. The molecule has 174 valence electrons. The molecule has 7 heteroatoms. The largest absolute Gasteiger partial charge is 0.496 e. The molecular weight excluding hydrogens is 420 g/mol. The van der Waals surface area contributed by atoms with Gasteiger partial charge >= 0.3 is 5.97 Å². The lowest BCUT2D eigenvalue weighted by atomic mass is 9.90. The molecular formula is C26H30N2O5. The highest BCUT2D eigenvalue weighted by molar-refractivity contribution is 5.98. The predicted molar refractivity (Wildman–Crippen MR) is 124 cm³/mol.